The van der Waals surface area contributed by atoms with E-state index in [9.17, 15) is 4.79 Å². The van der Waals surface area contributed by atoms with Gasteiger partial charge in [0.1, 0.15) is 6.61 Å². The van der Waals surface area contributed by atoms with Crippen molar-refractivity contribution < 1.29 is 14.3 Å². The van der Waals surface area contributed by atoms with Gasteiger partial charge in [0.05, 0.1) is 12.2 Å². The first-order valence-corrected chi connectivity index (χ1v) is 9.46. The Balaban J connectivity index is 1.40. The quantitative estimate of drug-likeness (QED) is 0.870. The highest BCUT2D eigenvalue weighted by Gasteiger charge is 2.34. The van der Waals surface area contributed by atoms with Gasteiger partial charge in [-0.1, -0.05) is 30.3 Å². The van der Waals surface area contributed by atoms with Crippen LogP contribution in [0.2, 0.25) is 0 Å². The third kappa shape index (κ3) is 5.97. The molecule has 26 heavy (non-hydrogen) atoms. The largest absolute Gasteiger partial charge is 0.448 e. The summed E-state index contributed by atoms with van der Waals surface area (Å²) in [4.78, 5) is 16.6. The molecule has 2 heterocycles. The summed E-state index contributed by atoms with van der Waals surface area (Å²) in [5.41, 5.74) is 1.08. The van der Waals surface area contributed by atoms with Crippen LogP contribution in [0.5, 0.6) is 0 Å². The van der Waals surface area contributed by atoms with E-state index in [0.717, 1.165) is 39.3 Å². The van der Waals surface area contributed by atoms with Gasteiger partial charge in [0.25, 0.3) is 0 Å². The third-order valence-corrected chi connectivity index (χ3v) is 4.60. The molecule has 2 saturated heterocycles. The summed E-state index contributed by atoms with van der Waals surface area (Å²) in [6, 6.07) is 10.6. The van der Waals surface area contributed by atoms with Crippen LogP contribution in [0, 0.1) is 0 Å². The molecule has 1 aromatic rings. The second-order valence-electron chi connectivity index (χ2n) is 8.33. The van der Waals surface area contributed by atoms with E-state index in [2.05, 4.69) is 45.4 Å². The number of amides is 1. The maximum absolute atomic E-state index is 11.7. The number of nitrogens with one attached hydrogen (secondary N) is 1. The van der Waals surface area contributed by atoms with Crippen molar-refractivity contribution in [2.45, 2.75) is 45.1 Å². The first-order valence-electron chi connectivity index (χ1n) is 9.46. The van der Waals surface area contributed by atoms with E-state index >= 15 is 0 Å². The molecule has 144 valence electrons. The van der Waals surface area contributed by atoms with Gasteiger partial charge in [-0.05, 0) is 26.3 Å². The Kier molecular flexibility index (Phi) is 6.16. The molecule has 3 rings (SSSR count). The molecule has 6 heteroatoms. The molecular weight excluding hydrogens is 330 g/mol. The van der Waals surface area contributed by atoms with Crippen molar-refractivity contribution >= 4 is 6.09 Å². The maximum atomic E-state index is 11.7. The number of nitrogens with zero attached hydrogens (tertiary/aromatic N) is 2. The first-order chi connectivity index (χ1) is 12.4. The van der Waals surface area contributed by atoms with E-state index in [-0.39, 0.29) is 23.8 Å². The van der Waals surface area contributed by atoms with Crippen LogP contribution in [-0.2, 0) is 16.0 Å². The van der Waals surface area contributed by atoms with Crippen LogP contribution in [0.25, 0.3) is 0 Å². The molecule has 2 unspecified atom stereocenters. The Labute approximate surface area is 156 Å². The van der Waals surface area contributed by atoms with Crippen molar-refractivity contribution in [3.63, 3.8) is 0 Å². The highest BCUT2D eigenvalue weighted by molar-refractivity contribution is 5.68. The Morgan fingerprint density at radius 2 is 1.73 bits per heavy atom. The number of hydrogen-bond donors (Lipinski definition) is 1. The molecule has 6 nitrogen and oxygen atoms in total. The van der Waals surface area contributed by atoms with Crippen molar-refractivity contribution in [1.82, 2.24) is 15.1 Å². The fourth-order valence-electron chi connectivity index (χ4n) is 3.62. The molecule has 0 saturated carbocycles. The predicted molar refractivity (Wildman–Crippen MR) is 101 cm³/mol. The van der Waals surface area contributed by atoms with Crippen LogP contribution >= 0.6 is 0 Å². The van der Waals surface area contributed by atoms with Crippen LogP contribution in [0.3, 0.4) is 0 Å². The zero-order valence-corrected chi connectivity index (χ0v) is 16.1. The molecular formula is C20H31N3O3. The molecule has 2 bridgehead atoms. The lowest BCUT2D eigenvalue weighted by Gasteiger charge is -2.45. The van der Waals surface area contributed by atoms with E-state index in [1.165, 1.54) is 5.56 Å². The summed E-state index contributed by atoms with van der Waals surface area (Å²) in [5.74, 6) is 0. The fraction of sp³-hybridized carbons (Fsp3) is 0.650. The van der Waals surface area contributed by atoms with Gasteiger partial charge < -0.3 is 14.8 Å². The van der Waals surface area contributed by atoms with Crippen LogP contribution in [-0.4, -0.2) is 73.0 Å². The lowest BCUT2D eigenvalue weighted by atomic mass is 10.1. The van der Waals surface area contributed by atoms with Crippen molar-refractivity contribution in [2.75, 3.05) is 39.3 Å². The van der Waals surface area contributed by atoms with Gasteiger partial charge in [0.2, 0.25) is 0 Å². The van der Waals surface area contributed by atoms with Crippen molar-refractivity contribution in [3.8, 4) is 0 Å². The fourth-order valence-corrected chi connectivity index (χ4v) is 3.62. The molecule has 1 amide bonds. The van der Waals surface area contributed by atoms with E-state index < -0.39 is 0 Å². The summed E-state index contributed by atoms with van der Waals surface area (Å²) in [7, 11) is 0. The molecule has 2 fully saturated rings. The van der Waals surface area contributed by atoms with Gasteiger partial charge in [-0.25, -0.2) is 4.79 Å². The number of carbonyl (C=O) groups excluding carboxylic acids is 1. The van der Waals surface area contributed by atoms with E-state index in [0.29, 0.717) is 6.61 Å². The minimum atomic E-state index is -0.347. The SMILES string of the molecule is CC(C)(C)NC(=O)OCCN1CC2CN(Cc3ccccc3)CC(C1)O2. The van der Waals surface area contributed by atoms with Gasteiger partial charge in [-0.3, -0.25) is 9.80 Å². The predicted octanol–water partition coefficient (Wildman–Crippen LogP) is 2.10. The minimum absolute atomic E-state index is 0.231. The molecule has 0 radical (unpaired) electrons. The highest BCUT2D eigenvalue weighted by atomic mass is 16.5. The van der Waals surface area contributed by atoms with Gasteiger partial charge in [-0.2, -0.15) is 0 Å². The second kappa shape index (κ2) is 8.37. The molecule has 0 aliphatic carbocycles. The van der Waals surface area contributed by atoms with Crippen LogP contribution in [0.15, 0.2) is 30.3 Å². The number of alkyl carbamates (subject to hydrolysis) is 1. The van der Waals surface area contributed by atoms with Crippen molar-refractivity contribution in [1.29, 1.82) is 0 Å². The van der Waals surface area contributed by atoms with Gasteiger partial charge in [0, 0.05) is 44.8 Å². The first kappa shape index (κ1) is 19.1. The Bertz CT molecular complexity index is 574. The smallest absolute Gasteiger partial charge is 0.407 e. The van der Waals surface area contributed by atoms with Crippen molar-refractivity contribution in [2.24, 2.45) is 0 Å². The molecule has 0 spiro atoms. The number of hydrogen-bond acceptors (Lipinski definition) is 5. The average Bonchev–Trinajstić information content (AvgIpc) is 2.53. The maximum Gasteiger partial charge on any atom is 0.407 e. The van der Waals surface area contributed by atoms with Gasteiger partial charge >= 0.3 is 6.09 Å². The molecule has 2 aliphatic heterocycles. The lowest BCUT2D eigenvalue weighted by Crippen LogP contribution is -2.59. The minimum Gasteiger partial charge on any atom is -0.448 e. The van der Waals surface area contributed by atoms with E-state index in [1.54, 1.807) is 0 Å². The highest BCUT2D eigenvalue weighted by Crippen LogP contribution is 2.20. The summed E-state index contributed by atoms with van der Waals surface area (Å²) in [6.45, 7) is 11.7. The lowest BCUT2D eigenvalue weighted by molar-refractivity contribution is -0.141. The number of rotatable bonds is 5. The van der Waals surface area contributed by atoms with Gasteiger partial charge in [0.15, 0.2) is 0 Å². The number of fused-ring (bicyclic) bond motifs is 2. The third-order valence-electron chi connectivity index (χ3n) is 4.60. The average molecular weight is 361 g/mol. The zero-order valence-electron chi connectivity index (χ0n) is 16.1. The summed E-state index contributed by atoms with van der Waals surface area (Å²) < 4.78 is 11.4. The van der Waals surface area contributed by atoms with Gasteiger partial charge in [-0.15, -0.1) is 0 Å². The topological polar surface area (TPSA) is 54.0 Å². The number of carbonyl (C=O) groups is 1. The number of morpholine rings is 2. The normalized spacial score (nSPS) is 24.3. The van der Waals surface area contributed by atoms with E-state index in [1.807, 2.05) is 20.8 Å². The van der Waals surface area contributed by atoms with Crippen LogP contribution < -0.4 is 5.32 Å². The summed E-state index contributed by atoms with van der Waals surface area (Å²) in [6.07, 6.45) is 0.115. The summed E-state index contributed by atoms with van der Waals surface area (Å²) in [5, 5.41) is 2.81. The van der Waals surface area contributed by atoms with Crippen LogP contribution in [0.1, 0.15) is 26.3 Å². The number of benzene rings is 1. The van der Waals surface area contributed by atoms with E-state index in [4.69, 9.17) is 9.47 Å². The molecule has 0 aromatic heterocycles. The molecule has 2 atom stereocenters. The monoisotopic (exact) mass is 361 g/mol. The van der Waals surface area contributed by atoms with Crippen LogP contribution in [0.4, 0.5) is 4.79 Å². The summed E-state index contributed by atoms with van der Waals surface area (Å²) >= 11 is 0. The second-order valence-corrected chi connectivity index (χ2v) is 8.33. The molecule has 1 aromatic carbocycles. The Hall–Kier alpha value is -1.63. The Morgan fingerprint density at radius 1 is 1.12 bits per heavy atom. The zero-order chi connectivity index (χ0) is 18.6. The molecule has 1 N–H and O–H groups in total. The van der Waals surface area contributed by atoms with Crippen molar-refractivity contribution in [3.05, 3.63) is 35.9 Å². The molecule has 2 aliphatic rings. The number of ether oxygens (including phenoxy) is 2. The Morgan fingerprint density at radius 3 is 2.35 bits per heavy atom. The standard InChI is InChI=1S/C20H31N3O3/c1-20(2,3)21-19(24)25-10-9-22-12-17-14-23(15-18(13-22)26-17)11-16-7-5-4-6-8-16/h4-8,17-18H,9-15H2,1-3H3,(H,21,24).